The standard InChI is InChI=1S/C19H27NO4S/c1-24-16-9-7-15(8-10-16)19(21)20-13-11-18(12-14-20)25(22,23)17-5-3-2-4-6-17/h2-6,15-16,18H,7-14H2,1H3. The van der Waals surface area contributed by atoms with Crippen LogP contribution >= 0.6 is 0 Å². The van der Waals surface area contributed by atoms with Gasteiger partial charge in [0.15, 0.2) is 9.84 Å². The molecule has 1 aromatic rings. The van der Waals surface area contributed by atoms with Gasteiger partial charge < -0.3 is 9.64 Å². The van der Waals surface area contributed by atoms with Crippen LogP contribution in [0.3, 0.4) is 0 Å². The molecule has 3 rings (SSSR count). The molecule has 0 N–H and O–H groups in total. The van der Waals surface area contributed by atoms with Gasteiger partial charge in [-0.05, 0) is 50.7 Å². The SMILES string of the molecule is COC1CCC(C(=O)N2CCC(S(=O)(=O)c3ccccc3)CC2)CC1. The van der Waals surface area contributed by atoms with Crippen molar-refractivity contribution < 1.29 is 17.9 Å². The predicted octanol–water partition coefficient (Wildman–Crippen LogP) is 2.66. The number of methoxy groups -OCH3 is 1. The van der Waals surface area contributed by atoms with Gasteiger partial charge in [0.1, 0.15) is 0 Å². The lowest BCUT2D eigenvalue weighted by molar-refractivity contribution is -0.138. The highest BCUT2D eigenvalue weighted by Crippen LogP contribution is 2.30. The Morgan fingerprint density at radius 2 is 1.60 bits per heavy atom. The molecule has 0 bridgehead atoms. The number of carbonyl (C=O) groups is 1. The van der Waals surface area contributed by atoms with Gasteiger partial charge in [-0.1, -0.05) is 18.2 Å². The lowest BCUT2D eigenvalue weighted by Crippen LogP contribution is -2.45. The molecule has 0 radical (unpaired) electrons. The molecule has 6 heteroatoms. The topological polar surface area (TPSA) is 63.7 Å². The predicted molar refractivity (Wildman–Crippen MR) is 96.0 cm³/mol. The number of sulfone groups is 1. The Kier molecular flexibility index (Phi) is 5.79. The number of likely N-dealkylation sites (tertiary alicyclic amines) is 1. The molecule has 1 amide bonds. The fraction of sp³-hybridized carbons (Fsp3) is 0.632. The summed E-state index contributed by atoms with van der Waals surface area (Å²) in [5, 5.41) is -0.386. The van der Waals surface area contributed by atoms with Crippen LogP contribution in [0.15, 0.2) is 35.2 Å². The van der Waals surface area contributed by atoms with E-state index in [2.05, 4.69) is 0 Å². The zero-order valence-corrected chi connectivity index (χ0v) is 15.6. The first-order valence-corrected chi connectivity index (χ1v) is 10.7. The average molecular weight is 365 g/mol. The van der Waals surface area contributed by atoms with Crippen molar-refractivity contribution in [1.29, 1.82) is 0 Å². The number of rotatable bonds is 4. The molecule has 1 saturated carbocycles. The molecule has 1 aliphatic heterocycles. The van der Waals surface area contributed by atoms with Crippen molar-refractivity contribution >= 4 is 15.7 Å². The van der Waals surface area contributed by atoms with Crippen molar-refractivity contribution in [3.05, 3.63) is 30.3 Å². The Balaban J connectivity index is 1.56. The maximum atomic E-state index is 12.7. The number of piperidine rings is 1. The first-order chi connectivity index (χ1) is 12.0. The van der Waals surface area contributed by atoms with Gasteiger partial charge in [-0.3, -0.25) is 4.79 Å². The Morgan fingerprint density at radius 3 is 2.16 bits per heavy atom. The van der Waals surface area contributed by atoms with E-state index in [4.69, 9.17) is 4.74 Å². The maximum absolute atomic E-state index is 12.7. The van der Waals surface area contributed by atoms with Gasteiger partial charge in [0.2, 0.25) is 5.91 Å². The fourth-order valence-corrected chi connectivity index (χ4v) is 5.75. The number of benzene rings is 1. The van der Waals surface area contributed by atoms with Crippen LogP contribution < -0.4 is 0 Å². The van der Waals surface area contributed by atoms with Crippen molar-refractivity contribution in [3.63, 3.8) is 0 Å². The third-order valence-electron chi connectivity index (χ3n) is 5.62. The summed E-state index contributed by atoms with van der Waals surface area (Å²) in [7, 11) is -1.57. The third-order valence-corrected chi connectivity index (χ3v) is 7.90. The summed E-state index contributed by atoms with van der Waals surface area (Å²) in [6.07, 6.45) is 4.95. The molecule has 25 heavy (non-hydrogen) atoms. The Bertz CT molecular complexity index is 673. The van der Waals surface area contributed by atoms with Crippen molar-refractivity contribution in [1.82, 2.24) is 4.90 Å². The second-order valence-electron chi connectivity index (χ2n) is 7.09. The summed E-state index contributed by atoms with van der Waals surface area (Å²) in [6.45, 7) is 1.08. The van der Waals surface area contributed by atoms with Crippen molar-refractivity contribution in [3.8, 4) is 0 Å². The van der Waals surface area contributed by atoms with Crippen molar-refractivity contribution in [2.24, 2.45) is 5.92 Å². The molecule has 0 aromatic heterocycles. The lowest BCUT2D eigenvalue weighted by atomic mass is 9.86. The fourth-order valence-electron chi connectivity index (χ4n) is 3.99. The largest absolute Gasteiger partial charge is 0.381 e. The number of hydrogen-bond donors (Lipinski definition) is 0. The van der Waals surface area contributed by atoms with Crippen LogP contribution in [0.1, 0.15) is 38.5 Å². The molecule has 5 nitrogen and oxygen atoms in total. The van der Waals surface area contributed by atoms with Crippen LogP contribution in [0.5, 0.6) is 0 Å². The van der Waals surface area contributed by atoms with Crippen LogP contribution in [-0.4, -0.2) is 50.8 Å². The molecule has 1 aliphatic carbocycles. The molecule has 1 heterocycles. The molecule has 2 fully saturated rings. The van der Waals surface area contributed by atoms with Crippen LogP contribution in [0, 0.1) is 5.92 Å². The van der Waals surface area contributed by atoms with Crippen LogP contribution in [0.25, 0.3) is 0 Å². The van der Waals surface area contributed by atoms with Crippen LogP contribution in [-0.2, 0) is 19.4 Å². The zero-order valence-electron chi connectivity index (χ0n) is 14.8. The van der Waals surface area contributed by atoms with Crippen molar-refractivity contribution in [2.75, 3.05) is 20.2 Å². The van der Waals surface area contributed by atoms with E-state index in [9.17, 15) is 13.2 Å². The highest BCUT2D eigenvalue weighted by atomic mass is 32.2. The second-order valence-corrected chi connectivity index (χ2v) is 9.32. The molecular formula is C19H27NO4S. The van der Waals surface area contributed by atoms with Gasteiger partial charge in [0.25, 0.3) is 0 Å². The van der Waals surface area contributed by atoms with E-state index in [-0.39, 0.29) is 23.2 Å². The molecular weight excluding hydrogens is 338 g/mol. The Labute approximate surface area is 150 Å². The number of amides is 1. The molecule has 138 valence electrons. The minimum absolute atomic E-state index is 0.0775. The van der Waals surface area contributed by atoms with Gasteiger partial charge in [-0.15, -0.1) is 0 Å². The second kappa shape index (κ2) is 7.87. The summed E-state index contributed by atoms with van der Waals surface area (Å²) < 4.78 is 30.8. The smallest absolute Gasteiger partial charge is 0.225 e. The highest BCUT2D eigenvalue weighted by Gasteiger charge is 2.35. The molecule has 1 aromatic carbocycles. The summed E-state index contributed by atoms with van der Waals surface area (Å²) in [4.78, 5) is 15.0. The van der Waals surface area contributed by atoms with Gasteiger partial charge in [0, 0.05) is 26.1 Å². The van der Waals surface area contributed by atoms with E-state index in [0.717, 1.165) is 25.7 Å². The van der Waals surface area contributed by atoms with E-state index in [1.807, 2.05) is 11.0 Å². The minimum Gasteiger partial charge on any atom is -0.381 e. The average Bonchev–Trinajstić information content (AvgIpc) is 2.68. The molecule has 0 spiro atoms. The number of carbonyl (C=O) groups excluding carboxylic acids is 1. The molecule has 2 aliphatic rings. The first-order valence-electron chi connectivity index (χ1n) is 9.13. The zero-order chi connectivity index (χ0) is 17.9. The Morgan fingerprint density at radius 1 is 1.00 bits per heavy atom. The molecule has 1 saturated heterocycles. The van der Waals surface area contributed by atoms with Crippen LogP contribution in [0.2, 0.25) is 0 Å². The van der Waals surface area contributed by atoms with Gasteiger partial charge in [-0.25, -0.2) is 8.42 Å². The van der Waals surface area contributed by atoms with E-state index in [1.54, 1.807) is 31.4 Å². The van der Waals surface area contributed by atoms with E-state index < -0.39 is 9.84 Å². The van der Waals surface area contributed by atoms with Crippen LogP contribution in [0.4, 0.5) is 0 Å². The van der Waals surface area contributed by atoms with E-state index >= 15 is 0 Å². The monoisotopic (exact) mass is 365 g/mol. The van der Waals surface area contributed by atoms with Gasteiger partial charge in [0.05, 0.1) is 16.2 Å². The number of ether oxygens (including phenoxy) is 1. The summed E-state index contributed by atoms with van der Waals surface area (Å²) >= 11 is 0. The van der Waals surface area contributed by atoms with Gasteiger partial charge in [-0.2, -0.15) is 0 Å². The van der Waals surface area contributed by atoms with E-state index in [1.165, 1.54) is 0 Å². The normalized spacial score (nSPS) is 25.7. The summed E-state index contributed by atoms with van der Waals surface area (Å²) in [5.41, 5.74) is 0. The number of nitrogens with zero attached hydrogens (tertiary/aromatic N) is 1. The first kappa shape index (κ1) is 18.4. The Hall–Kier alpha value is -1.40. The highest BCUT2D eigenvalue weighted by molar-refractivity contribution is 7.92. The van der Waals surface area contributed by atoms with Crippen molar-refractivity contribution in [2.45, 2.75) is 54.8 Å². The minimum atomic E-state index is -3.30. The summed E-state index contributed by atoms with van der Waals surface area (Å²) in [5.74, 6) is 0.277. The molecule has 0 atom stereocenters. The lowest BCUT2D eigenvalue weighted by Gasteiger charge is -2.36. The quantitative estimate of drug-likeness (QED) is 0.823. The molecule has 0 unspecified atom stereocenters. The van der Waals surface area contributed by atoms with E-state index in [0.29, 0.717) is 30.8 Å². The van der Waals surface area contributed by atoms with Gasteiger partial charge >= 0.3 is 0 Å². The maximum Gasteiger partial charge on any atom is 0.225 e. The third kappa shape index (κ3) is 4.06. The number of hydrogen-bond acceptors (Lipinski definition) is 4. The summed E-state index contributed by atoms with van der Waals surface area (Å²) in [6, 6.07) is 8.63.